The van der Waals surface area contributed by atoms with E-state index in [1.165, 1.54) is 24.4 Å². The van der Waals surface area contributed by atoms with Crippen molar-refractivity contribution in [3.63, 3.8) is 0 Å². The van der Waals surface area contributed by atoms with Gasteiger partial charge in [0.2, 0.25) is 0 Å². The summed E-state index contributed by atoms with van der Waals surface area (Å²) in [4.78, 5) is 0.162. The van der Waals surface area contributed by atoms with Crippen LogP contribution in [0.5, 0.6) is 0 Å². The second kappa shape index (κ2) is 3.98. The van der Waals surface area contributed by atoms with Gasteiger partial charge >= 0.3 is 0 Å². The minimum Gasteiger partial charge on any atom is -0.405 e. The highest BCUT2D eigenvalue weighted by Gasteiger charge is 2.04. The van der Waals surface area contributed by atoms with E-state index in [2.05, 4.69) is 6.58 Å². The Morgan fingerprint density at radius 1 is 1.55 bits per heavy atom. The van der Waals surface area contributed by atoms with E-state index in [9.17, 15) is 8.42 Å². The number of hydrogen-bond acceptors (Lipinski definition) is 3. The summed E-state index contributed by atoms with van der Waals surface area (Å²) in [5.74, 6) is 0. The molecular weight excluding hydrogens is 162 g/mol. The molecule has 11 heavy (non-hydrogen) atoms. The van der Waals surface area contributed by atoms with E-state index in [0.29, 0.717) is 0 Å². The van der Waals surface area contributed by atoms with Crippen LogP contribution in [-0.2, 0) is 9.84 Å². The van der Waals surface area contributed by atoms with Crippen molar-refractivity contribution >= 4 is 9.84 Å². The van der Waals surface area contributed by atoms with Crippen LogP contribution in [0.2, 0.25) is 0 Å². The summed E-state index contributed by atoms with van der Waals surface area (Å²) < 4.78 is 21.8. The summed E-state index contributed by atoms with van der Waals surface area (Å²) in [5, 5.41) is 0. The van der Waals surface area contributed by atoms with Crippen LogP contribution in [0.1, 0.15) is 0 Å². The van der Waals surface area contributed by atoms with Crippen molar-refractivity contribution in [3.8, 4) is 0 Å². The van der Waals surface area contributed by atoms with Crippen molar-refractivity contribution in [1.82, 2.24) is 0 Å². The Morgan fingerprint density at radius 3 is 2.36 bits per heavy atom. The minimum atomic E-state index is -3.17. The Kier molecular flexibility index (Phi) is 3.60. The second-order valence-corrected chi connectivity index (χ2v) is 3.95. The minimum absolute atomic E-state index is 0.162. The molecule has 0 fully saturated rings. The zero-order chi connectivity index (χ0) is 8.91. The molecule has 0 aliphatic carbocycles. The third-order valence-electron chi connectivity index (χ3n) is 0.971. The van der Waals surface area contributed by atoms with Crippen LogP contribution >= 0.6 is 0 Å². The van der Waals surface area contributed by atoms with Gasteiger partial charge in [0.15, 0.2) is 9.84 Å². The van der Waals surface area contributed by atoms with Gasteiger partial charge in [-0.2, -0.15) is 0 Å². The molecule has 0 radical (unpaired) electrons. The maximum Gasteiger partial charge on any atom is 0.175 e. The van der Waals surface area contributed by atoms with Crippen LogP contribution < -0.4 is 5.73 Å². The second-order valence-electron chi connectivity index (χ2n) is 1.94. The monoisotopic (exact) mass is 173 g/mol. The first-order chi connectivity index (χ1) is 5.02. The molecule has 0 aromatic rings. The Morgan fingerprint density at radius 2 is 2.09 bits per heavy atom. The van der Waals surface area contributed by atoms with Gasteiger partial charge in [0.1, 0.15) is 0 Å². The fourth-order valence-electron chi connectivity index (χ4n) is 0.514. The molecule has 0 unspecified atom stereocenters. The molecule has 0 saturated heterocycles. The van der Waals surface area contributed by atoms with Crippen LogP contribution in [0.3, 0.4) is 0 Å². The molecule has 0 aliphatic rings. The molecule has 2 N–H and O–H groups in total. The Bertz CT molecular complexity index is 286. The van der Waals surface area contributed by atoms with Crippen LogP contribution in [-0.4, -0.2) is 14.7 Å². The van der Waals surface area contributed by atoms with Gasteiger partial charge in [0.05, 0.1) is 4.91 Å². The van der Waals surface area contributed by atoms with E-state index < -0.39 is 9.84 Å². The van der Waals surface area contributed by atoms with E-state index in [1.54, 1.807) is 0 Å². The quantitative estimate of drug-likeness (QED) is 0.635. The predicted molar refractivity (Wildman–Crippen MR) is 46.5 cm³/mol. The van der Waals surface area contributed by atoms with Crippen molar-refractivity contribution in [3.05, 3.63) is 35.9 Å². The average Bonchev–Trinajstić information content (AvgIpc) is 1.85. The maximum absolute atomic E-state index is 10.9. The Balaban J connectivity index is 4.93. The van der Waals surface area contributed by atoms with E-state index in [0.717, 1.165) is 6.26 Å². The maximum atomic E-state index is 10.9. The lowest BCUT2D eigenvalue weighted by Gasteiger charge is -1.94. The molecule has 0 aromatic heterocycles. The average molecular weight is 173 g/mol. The summed E-state index contributed by atoms with van der Waals surface area (Å²) in [6.07, 6.45) is 6.39. The fourth-order valence-corrected chi connectivity index (χ4v) is 1.18. The summed E-state index contributed by atoms with van der Waals surface area (Å²) in [7, 11) is -3.17. The third-order valence-corrected chi connectivity index (χ3v) is 2.10. The smallest absolute Gasteiger partial charge is 0.175 e. The van der Waals surface area contributed by atoms with Crippen LogP contribution in [0.25, 0.3) is 0 Å². The molecule has 0 bridgehead atoms. The van der Waals surface area contributed by atoms with Gasteiger partial charge in [0, 0.05) is 6.26 Å². The highest BCUT2D eigenvalue weighted by molar-refractivity contribution is 7.94. The van der Waals surface area contributed by atoms with Gasteiger partial charge < -0.3 is 5.73 Å². The standard InChI is InChI=1S/C7H11NO2S/c1-3-4-7(5-6-8)11(2,9)10/h3-6H,1,8H2,2H3/b6-5-,7-4+. The highest BCUT2D eigenvalue weighted by Crippen LogP contribution is 2.04. The molecular formula is C7H11NO2S. The fraction of sp³-hybridized carbons (Fsp3) is 0.143. The van der Waals surface area contributed by atoms with E-state index in [4.69, 9.17) is 5.73 Å². The van der Waals surface area contributed by atoms with Gasteiger partial charge in [-0.3, -0.25) is 0 Å². The van der Waals surface area contributed by atoms with Gasteiger partial charge in [-0.25, -0.2) is 8.42 Å². The lowest BCUT2D eigenvalue weighted by molar-refractivity contribution is 0.608. The van der Waals surface area contributed by atoms with Crippen molar-refractivity contribution in [1.29, 1.82) is 0 Å². The van der Waals surface area contributed by atoms with Crippen LogP contribution in [0.4, 0.5) is 0 Å². The summed E-state index contributed by atoms with van der Waals surface area (Å²) in [6, 6.07) is 0. The summed E-state index contributed by atoms with van der Waals surface area (Å²) in [6.45, 7) is 3.38. The first-order valence-corrected chi connectivity index (χ1v) is 4.82. The summed E-state index contributed by atoms with van der Waals surface area (Å²) >= 11 is 0. The van der Waals surface area contributed by atoms with Gasteiger partial charge in [-0.1, -0.05) is 12.7 Å². The SMILES string of the molecule is C=C/C=C(\C=C/N)S(C)(=O)=O. The van der Waals surface area contributed by atoms with Gasteiger partial charge in [0.25, 0.3) is 0 Å². The lowest BCUT2D eigenvalue weighted by Crippen LogP contribution is -1.98. The van der Waals surface area contributed by atoms with Crippen LogP contribution in [0.15, 0.2) is 35.9 Å². The number of sulfone groups is 1. The molecule has 0 amide bonds. The van der Waals surface area contributed by atoms with E-state index in [1.807, 2.05) is 0 Å². The van der Waals surface area contributed by atoms with Crippen molar-refractivity contribution < 1.29 is 8.42 Å². The number of rotatable bonds is 3. The first-order valence-electron chi connectivity index (χ1n) is 2.93. The molecule has 62 valence electrons. The van der Waals surface area contributed by atoms with Crippen LogP contribution in [0, 0.1) is 0 Å². The number of hydrogen-bond donors (Lipinski definition) is 1. The molecule has 0 heterocycles. The van der Waals surface area contributed by atoms with E-state index in [-0.39, 0.29) is 4.91 Å². The molecule has 3 nitrogen and oxygen atoms in total. The topological polar surface area (TPSA) is 60.2 Å². The summed E-state index contributed by atoms with van der Waals surface area (Å²) in [5.41, 5.74) is 5.04. The highest BCUT2D eigenvalue weighted by atomic mass is 32.2. The zero-order valence-corrected chi connectivity index (χ0v) is 7.14. The van der Waals surface area contributed by atoms with Gasteiger partial charge in [-0.15, -0.1) is 0 Å². The molecule has 0 rings (SSSR count). The molecule has 0 aromatic carbocycles. The zero-order valence-electron chi connectivity index (χ0n) is 6.32. The number of allylic oxidation sites excluding steroid dienone is 3. The van der Waals surface area contributed by atoms with Crippen molar-refractivity contribution in [2.45, 2.75) is 0 Å². The molecule has 0 saturated carbocycles. The largest absolute Gasteiger partial charge is 0.405 e. The Hall–Kier alpha value is -1.03. The lowest BCUT2D eigenvalue weighted by atomic mass is 10.4. The molecule has 0 atom stereocenters. The van der Waals surface area contributed by atoms with Gasteiger partial charge in [-0.05, 0) is 18.4 Å². The van der Waals surface area contributed by atoms with Crippen molar-refractivity contribution in [2.24, 2.45) is 5.73 Å². The molecule has 0 spiro atoms. The van der Waals surface area contributed by atoms with E-state index >= 15 is 0 Å². The Labute approximate surface area is 66.8 Å². The third kappa shape index (κ3) is 3.62. The van der Waals surface area contributed by atoms with Crippen molar-refractivity contribution in [2.75, 3.05) is 6.26 Å². The first kappa shape index (κ1) is 9.97. The predicted octanol–water partition coefficient (Wildman–Crippen LogP) is 0.573. The number of nitrogens with two attached hydrogens (primary N) is 1. The molecule has 4 heteroatoms. The normalized spacial score (nSPS) is 13.7. The molecule has 0 aliphatic heterocycles.